The molecule has 1 aliphatic heterocycles. The molecular formula is C18H17Cl2NOS. The molecule has 1 aliphatic rings. The average Bonchev–Trinajstić information content (AvgIpc) is 2.87. The lowest BCUT2D eigenvalue weighted by atomic mass is 10.1. The van der Waals surface area contributed by atoms with Gasteiger partial charge in [-0.3, -0.25) is 9.69 Å². The van der Waals surface area contributed by atoms with Crippen LogP contribution >= 0.6 is 35.0 Å². The maximum atomic E-state index is 12.8. The number of thioether (sulfide) groups is 1. The summed E-state index contributed by atoms with van der Waals surface area (Å²) >= 11 is 13.9. The summed E-state index contributed by atoms with van der Waals surface area (Å²) in [6.07, 6.45) is 0.809. The molecule has 120 valence electrons. The van der Waals surface area contributed by atoms with Crippen LogP contribution in [0.1, 0.15) is 29.8 Å². The Bertz CT molecular complexity index is 732. The third kappa shape index (κ3) is 3.23. The van der Waals surface area contributed by atoms with Gasteiger partial charge in [0.25, 0.3) is 0 Å². The summed E-state index contributed by atoms with van der Waals surface area (Å²) in [4.78, 5) is 14.7. The second kappa shape index (κ2) is 6.76. The summed E-state index contributed by atoms with van der Waals surface area (Å²) in [5, 5.41) is 0.931. The van der Waals surface area contributed by atoms with Crippen LogP contribution in [0.15, 0.2) is 42.5 Å². The molecule has 0 N–H and O–H groups in total. The normalized spacial score (nSPS) is 21.0. The first-order valence-corrected chi connectivity index (χ1v) is 9.21. The van der Waals surface area contributed by atoms with Gasteiger partial charge in [-0.25, -0.2) is 0 Å². The smallest absolute Gasteiger partial charge is 0.241 e. The number of hydrogen-bond acceptors (Lipinski definition) is 2. The largest absolute Gasteiger partial charge is 0.295 e. The Balaban J connectivity index is 2.03. The summed E-state index contributed by atoms with van der Waals surface area (Å²) < 4.78 is 0. The molecular weight excluding hydrogens is 349 g/mol. The van der Waals surface area contributed by atoms with Gasteiger partial charge < -0.3 is 0 Å². The summed E-state index contributed by atoms with van der Waals surface area (Å²) in [6.45, 7) is 4.08. The number of rotatable bonds is 3. The number of benzene rings is 2. The molecule has 0 radical (unpaired) electrons. The molecule has 0 bridgehead atoms. The Morgan fingerprint density at radius 2 is 1.78 bits per heavy atom. The van der Waals surface area contributed by atoms with Crippen LogP contribution in [0.3, 0.4) is 0 Å². The Morgan fingerprint density at radius 1 is 1.09 bits per heavy atom. The Kier molecular flexibility index (Phi) is 4.90. The molecule has 3 rings (SSSR count). The van der Waals surface area contributed by atoms with Crippen LogP contribution in [0, 0.1) is 6.92 Å². The average molecular weight is 366 g/mol. The van der Waals surface area contributed by atoms with Crippen molar-refractivity contribution >= 4 is 46.6 Å². The summed E-state index contributed by atoms with van der Waals surface area (Å²) in [6, 6.07) is 13.6. The van der Waals surface area contributed by atoms with E-state index in [0.717, 1.165) is 17.7 Å². The van der Waals surface area contributed by atoms with E-state index in [2.05, 4.69) is 0 Å². The fourth-order valence-corrected chi connectivity index (χ4v) is 4.37. The fraction of sp³-hybridized carbons (Fsp3) is 0.278. The number of aryl methyl sites for hydroxylation is 1. The molecule has 0 saturated carbocycles. The van der Waals surface area contributed by atoms with E-state index in [1.807, 2.05) is 55.1 Å². The molecule has 1 amide bonds. The minimum absolute atomic E-state index is 0.0317. The SMILES string of the molecule is CCC1SC(c2ccc(Cl)c(Cl)c2)N(c2ccc(C)cc2)C1=O. The van der Waals surface area contributed by atoms with Crippen molar-refractivity contribution in [1.29, 1.82) is 0 Å². The lowest BCUT2D eigenvalue weighted by Gasteiger charge is -2.24. The lowest BCUT2D eigenvalue weighted by molar-refractivity contribution is -0.117. The van der Waals surface area contributed by atoms with E-state index in [4.69, 9.17) is 23.2 Å². The van der Waals surface area contributed by atoms with Crippen LogP contribution < -0.4 is 4.90 Å². The van der Waals surface area contributed by atoms with Crippen LogP contribution in [0.4, 0.5) is 5.69 Å². The number of anilines is 1. The zero-order chi connectivity index (χ0) is 16.6. The van der Waals surface area contributed by atoms with Crippen LogP contribution in [0.25, 0.3) is 0 Å². The topological polar surface area (TPSA) is 20.3 Å². The predicted octanol–water partition coefficient (Wildman–Crippen LogP) is 5.86. The maximum Gasteiger partial charge on any atom is 0.241 e. The second-order valence-electron chi connectivity index (χ2n) is 5.60. The van der Waals surface area contributed by atoms with Crippen LogP contribution in [-0.4, -0.2) is 11.2 Å². The molecule has 0 aromatic heterocycles. The number of hydrogen-bond donors (Lipinski definition) is 0. The molecule has 23 heavy (non-hydrogen) atoms. The first-order valence-electron chi connectivity index (χ1n) is 7.51. The molecule has 2 aromatic rings. The van der Waals surface area contributed by atoms with Crippen molar-refractivity contribution in [2.75, 3.05) is 4.90 Å². The highest BCUT2D eigenvalue weighted by Crippen LogP contribution is 2.47. The Labute approximate surface area is 150 Å². The minimum atomic E-state index is -0.0788. The third-order valence-electron chi connectivity index (χ3n) is 3.95. The van der Waals surface area contributed by atoms with Gasteiger partial charge in [-0.05, 0) is 43.2 Å². The van der Waals surface area contributed by atoms with Crippen molar-refractivity contribution in [2.24, 2.45) is 0 Å². The molecule has 2 atom stereocenters. The third-order valence-corrected chi connectivity index (χ3v) is 6.30. The summed E-state index contributed by atoms with van der Waals surface area (Å²) in [7, 11) is 0. The lowest BCUT2D eigenvalue weighted by Crippen LogP contribution is -2.30. The number of carbonyl (C=O) groups excluding carboxylic acids is 1. The maximum absolute atomic E-state index is 12.8. The van der Waals surface area contributed by atoms with Crippen molar-refractivity contribution in [3.8, 4) is 0 Å². The Morgan fingerprint density at radius 3 is 2.39 bits per heavy atom. The fourth-order valence-electron chi connectivity index (χ4n) is 2.68. The van der Waals surface area contributed by atoms with Gasteiger partial charge in [-0.2, -0.15) is 0 Å². The van der Waals surface area contributed by atoms with Crippen molar-refractivity contribution in [1.82, 2.24) is 0 Å². The molecule has 1 saturated heterocycles. The zero-order valence-electron chi connectivity index (χ0n) is 12.9. The van der Waals surface area contributed by atoms with E-state index in [1.165, 1.54) is 5.56 Å². The van der Waals surface area contributed by atoms with Gasteiger partial charge in [-0.1, -0.05) is 53.9 Å². The number of nitrogens with zero attached hydrogens (tertiary/aromatic N) is 1. The standard InChI is InChI=1S/C18H17Cl2NOS/c1-3-16-17(22)21(13-7-4-11(2)5-8-13)18(23-16)12-6-9-14(19)15(20)10-12/h4-10,16,18H,3H2,1-2H3. The van der Waals surface area contributed by atoms with Gasteiger partial charge in [0.2, 0.25) is 5.91 Å². The number of halogens is 2. The van der Waals surface area contributed by atoms with Crippen molar-refractivity contribution in [3.63, 3.8) is 0 Å². The zero-order valence-corrected chi connectivity index (χ0v) is 15.3. The highest BCUT2D eigenvalue weighted by molar-refractivity contribution is 8.01. The van der Waals surface area contributed by atoms with Gasteiger partial charge in [0.05, 0.1) is 15.3 Å². The molecule has 2 aromatic carbocycles. The summed E-state index contributed by atoms with van der Waals surface area (Å²) in [5.41, 5.74) is 3.08. The van der Waals surface area contributed by atoms with E-state index in [1.54, 1.807) is 17.8 Å². The summed E-state index contributed by atoms with van der Waals surface area (Å²) in [5.74, 6) is 0.150. The quantitative estimate of drug-likeness (QED) is 0.678. The van der Waals surface area contributed by atoms with Crippen LogP contribution in [-0.2, 0) is 4.79 Å². The molecule has 2 unspecified atom stereocenters. The van der Waals surface area contributed by atoms with E-state index >= 15 is 0 Å². The molecule has 5 heteroatoms. The predicted molar refractivity (Wildman–Crippen MR) is 99.5 cm³/mol. The van der Waals surface area contributed by atoms with Gasteiger partial charge in [0.1, 0.15) is 5.37 Å². The molecule has 1 heterocycles. The van der Waals surface area contributed by atoms with Gasteiger partial charge in [-0.15, -0.1) is 11.8 Å². The highest BCUT2D eigenvalue weighted by Gasteiger charge is 2.41. The van der Waals surface area contributed by atoms with Crippen molar-refractivity contribution < 1.29 is 4.79 Å². The van der Waals surface area contributed by atoms with E-state index < -0.39 is 0 Å². The number of carbonyl (C=O) groups is 1. The highest BCUT2D eigenvalue weighted by atomic mass is 35.5. The van der Waals surface area contributed by atoms with E-state index in [-0.39, 0.29) is 16.5 Å². The van der Waals surface area contributed by atoms with E-state index in [9.17, 15) is 4.79 Å². The Hall–Kier alpha value is -1.16. The molecule has 0 spiro atoms. The van der Waals surface area contributed by atoms with Crippen molar-refractivity contribution in [2.45, 2.75) is 30.9 Å². The van der Waals surface area contributed by atoms with Gasteiger partial charge in [0, 0.05) is 5.69 Å². The second-order valence-corrected chi connectivity index (χ2v) is 7.70. The van der Waals surface area contributed by atoms with E-state index in [0.29, 0.717) is 10.0 Å². The van der Waals surface area contributed by atoms with Crippen LogP contribution in [0.2, 0.25) is 10.0 Å². The molecule has 1 fully saturated rings. The minimum Gasteiger partial charge on any atom is -0.295 e. The first-order chi connectivity index (χ1) is 11.0. The monoisotopic (exact) mass is 365 g/mol. The molecule has 2 nitrogen and oxygen atoms in total. The van der Waals surface area contributed by atoms with Crippen molar-refractivity contribution in [3.05, 3.63) is 63.6 Å². The van der Waals surface area contributed by atoms with Crippen LogP contribution in [0.5, 0.6) is 0 Å². The van der Waals surface area contributed by atoms with Gasteiger partial charge >= 0.3 is 0 Å². The first kappa shape index (κ1) is 16.7. The number of amides is 1. The molecule has 0 aliphatic carbocycles. The van der Waals surface area contributed by atoms with Gasteiger partial charge in [0.15, 0.2) is 0 Å².